The molecule has 4 N–H and O–H groups in total. The van der Waals surface area contributed by atoms with Gasteiger partial charge in [-0.2, -0.15) is 0 Å². The number of aromatic hydroxyl groups is 4. The summed E-state index contributed by atoms with van der Waals surface area (Å²) in [6.45, 7) is 0. The molecule has 0 radical (unpaired) electrons. The van der Waals surface area contributed by atoms with E-state index in [1.54, 1.807) is 6.26 Å². The Kier molecular flexibility index (Phi) is 4.13. The molecule has 122 valence electrons. The Bertz CT molecular complexity index is 848. The highest BCUT2D eigenvalue weighted by atomic mass is 32.2. The maximum atomic E-state index is 10.0. The number of rotatable bonds is 3. The van der Waals surface area contributed by atoms with Crippen molar-refractivity contribution in [1.82, 2.24) is 15.0 Å². The van der Waals surface area contributed by atoms with Gasteiger partial charge < -0.3 is 20.4 Å². The van der Waals surface area contributed by atoms with Crippen LogP contribution >= 0.6 is 11.8 Å². The van der Waals surface area contributed by atoms with E-state index in [0.29, 0.717) is 16.3 Å². The molecule has 0 fully saturated rings. The second kappa shape index (κ2) is 6.25. The molecule has 24 heavy (non-hydrogen) atoms. The van der Waals surface area contributed by atoms with Crippen LogP contribution in [0.2, 0.25) is 0 Å². The van der Waals surface area contributed by atoms with E-state index in [0.717, 1.165) is 0 Å². The van der Waals surface area contributed by atoms with Crippen LogP contribution in [0.15, 0.2) is 41.6 Å². The molecular formula is C16H13N3O4S. The van der Waals surface area contributed by atoms with E-state index >= 15 is 0 Å². The van der Waals surface area contributed by atoms with Crippen LogP contribution in [0.1, 0.15) is 0 Å². The van der Waals surface area contributed by atoms with Gasteiger partial charge in [0.2, 0.25) is 0 Å². The maximum absolute atomic E-state index is 10.0. The summed E-state index contributed by atoms with van der Waals surface area (Å²) in [5.74, 6) is -0.0921. The minimum absolute atomic E-state index is 0.0770. The van der Waals surface area contributed by atoms with Crippen LogP contribution in [0, 0.1) is 0 Å². The fourth-order valence-electron chi connectivity index (χ4n) is 2.11. The number of aromatic nitrogens is 3. The molecule has 0 bridgehead atoms. The number of nitrogens with zero attached hydrogens (tertiary/aromatic N) is 3. The van der Waals surface area contributed by atoms with E-state index < -0.39 is 0 Å². The number of phenolic OH excluding ortho intramolecular Hbond substituents is 4. The highest BCUT2D eigenvalue weighted by Gasteiger charge is 2.15. The first kappa shape index (κ1) is 15.9. The fourth-order valence-corrected chi connectivity index (χ4v) is 2.46. The van der Waals surface area contributed by atoms with Gasteiger partial charge >= 0.3 is 0 Å². The molecule has 0 aliphatic carbocycles. The van der Waals surface area contributed by atoms with Crippen molar-refractivity contribution in [3.63, 3.8) is 0 Å². The molecule has 1 aromatic heterocycles. The third-order valence-corrected chi connectivity index (χ3v) is 3.79. The summed E-state index contributed by atoms with van der Waals surface area (Å²) in [7, 11) is 0. The average Bonchev–Trinajstić information content (AvgIpc) is 2.54. The first-order valence-corrected chi connectivity index (χ1v) is 8.05. The highest BCUT2D eigenvalue weighted by Crippen LogP contribution is 2.34. The highest BCUT2D eigenvalue weighted by molar-refractivity contribution is 7.98. The number of benzene rings is 2. The van der Waals surface area contributed by atoms with E-state index in [1.807, 2.05) is 0 Å². The van der Waals surface area contributed by atoms with Crippen LogP contribution in [0.25, 0.3) is 22.8 Å². The third kappa shape index (κ3) is 3.04. The minimum Gasteiger partial charge on any atom is -0.508 e. The van der Waals surface area contributed by atoms with Crippen LogP contribution in [-0.4, -0.2) is 41.6 Å². The molecule has 0 aliphatic heterocycles. The van der Waals surface area contributed by atoms with Crippen LogP contribution in [0.3, 0.4) is 0 Å². The second-order valence-corrected chi connectivity index (χ2v) is 5.65. The molecule has 0 saturated heterocycles. The van der Waals surface area contributed by atoms with E-state index in [1.165, 1.54) is 48.2 Å². The zero-order valence-electron chi connectivity index (χ0n) is 12.5. The molecule has 1 heterocycles. The van der Waals surface area contributed by atoms with Gasteiger partial charge in [0.1, 0.15) is 23.0 Å². The smallest absolute Gasteiger partial charge is 0.191 e. The summed E-state index contributed by atoms with van der Waals surface area (Å²) < 4.78 is 0. The van der Waals surface area contributed by atoms with Crippen LogP contribution in [0.5, 0.6) is 23.0 Å². The maximum Gasteiger partial charge on any atom is 0.191 e. The molecular weight excluding hydrogens is 330 g/mol. The molecule has 0 spiro atoms. The lowest BCUT2D eigenvalue weighted by Crippen LogP contribution is -1.99. The molecule has 0 aliphatic rings. The van der Waals surface area contributed by atoms with Gasteiger partial charge in [-0.15, -0.1) is 0 Å². The zero-order chi connectivity index (χ0) is 17.3. The normalized spacial score (nSPS) is 10.7. The molecule has 0 saturated carbocycles. The quantitative estimate of drug-likeness (QED) is 0.536. The van der Waals surface area contributed by atoms with Gasteiger partial charge in [-0.05, 0) is 30.5 Å². The minimum atomic E-state index is -0.172. The van der Waals surface area contributed by atoms with Crippen molar-refractivity contribution in [3.05, 3.63) is 36.4 Å². The van der Waals surface area contributed by atoms with Crippen molar-refractivity contribution in [2.45, 2.75) is 5.16 Å². The summed E-state index contributed by atoms with van der Waals surface area (Å²) >= 11 is 1.28. The van der Waals surface area contributed by atoms with Gasteiger partial charge in [-0.3, -0.25) is 0 Å². The van der Waals surface area contributed by atoms with E-state index in [-0.39, 0.29) is 34.6 Å². The first-order valence-electron chi connectivity index (χ1n) is 6.82. The lowest BCUT2D eigenvalue weighted by molar-refractivity contribution is 0.451. The summed E-state index contributed by atoms with van der Waals surface area (Å²) in [4.78, 5) is 12.8. The number of phenols is 4. The third-order valence-electron chi connectivity index (χ3n) is 3.24. The van der Waals surface area contributed by atoms with E-state index in [4.69, 9.17) is 0 Å². The van der Waals surface area contributed by atoms with Crippen molar-refractivity contribution >= 4 is 11.8 Å². The van der Waals surface area contributed by atoms with Crippen molar-refractivity contribution in [2.24, 2.45) is 0 Å². The van der Waals surface area contributed by atoms with Crippen molar-refractivity contribution in [2.75, 3.05) is 6.26 Å². The molecule has 0 atom stereocenters. The fraction of sp³-hybridized carbons (Fsp3) is 0.0625. The topological polar surface area (TPSA) is 120 Å². The Morgan fingerprint density at radius 1 is 0.708 bits per heavy atom. The molecule has 0 unspecified atom stereocenters. The predicted molar refractivity (Wildman–Crippen MR) is 89.1 cm³/mol. The Hall–Kier alpha value is -3.00. The van der Waals surface area contributed by atoms with Gasteiger partial charge in [0, 0.05) is 12.1 Å². The molecule has 2 aromatic carbocycles. The van der Waals surface area contributed by atoms with Gasteiger partial charge in [-0.1, -0.05) is 11.8 Å². The Morgan fingerprint density at radius 3 is 1.54 bits per heavy atom. The second-order valence-electron chi connectivity index (χ2n) is 4.87. The number of hydrogen-bond donors (Lipinski definition) is 4. The molecule has 7 nitrogen and oxygen atoms in total. The average molecular weight is 343 g/mol. The van der Waals surface area contributed by atoms with Crippen LogP contribution in [-0.2, 0) is 0 Å². The van der Waals surface area contributed by atoms with Gasteiger partial charge in [-0.25, -0.2) is 15.0 Å². The largest absolute Gasteiger partial charge is 0.508 e. The summed E-state index contributed by atoms with van der Waals surface area (Å²) in [6, 6.07) is 8.19. The van der Waals surface area contributed by atoms with Crippen molar-refractivity contribution < 1.29 is 20.4 Å². The number of thioether (sulfide) groups is 1. The standard InChI is InChI=1S/C16H13N3O4S/c1-24-16-18-14(10-4-2-8(20)6-12(10)22)17-15(19-16)11-5-3-9(21)7-13(11)23/h2-7,20-23H,1H3. The number of hydrogen-bond acceptors (Lipinski definition) is 8. The van der Waals surface area contributed by atoms with Gasteiger partial charge in [0.25, 0.3) is 0 Å². The molecule has 0 amide bonds. The monoisotopic (exact) mass is 343 g/mol. The van der Waals surface area contributed by atoms with E-state index in [2.05, 4.69) is 15.0 Å². The van der Waals surface area contributed by atoms with Crippen molar-refractivity contribution in [3.8, 4) is 45.8 Å². The Labute approximate surface area is 141 Å². The zero-order valence-corrected chi connectivity index (χ0v) is 13.3. The molecule has 3 aromatic rings. The first-order chi connectivity index (χ1) is 11.5. The Balaban J connectivity index is 2.18. The van der Waals surface area contributed by atoms with Gasteiger partial charge in [0.15, 0.2) is 16.8 Å². The lowest BCUT2D eigenvalue weighted by Gasteiger charge is -2.09. The lowest BCUT2D eigenvalue weighted by atomic mass is 10.1. The van der Waals surface area contributed by atoms with Gasteiger partial charge in [0.05, 0.1) is 11.1 Å². The Morgan fingerprint density at radius 2 is 1.17 bits per heavy atom. The summed E-state index contributed by atoms with van der Waals surface area (Å²) in [6.07, 6.45) is 1.79. The molecule has 3 rings (SSSR count). The molecule has 8 heteroatoms. The van der Waals surface area contributed by atoms with Crippen LogP contribution in [0.4, 0.5) is 0 Å². The van der Waals surface area contributed by atoms with Crippen LogP contribution < -0.4 is 0 Å². The summed E-state index contributed by atoms with van der Waals surface area (Å²) in [5, 5.41) is 39.2. The SMILES string of the molecule is CSc1nc(-c2ccc(O)cc2O)nc(-c2ccc(O)cc2O)n1. The van der Waals surface area contributed by atoms with E-state index in [9.17, 15) is 20.4 Å². The predicted octanol–water partition coefficient (Wildman–Crippen LogP) is 2.75. The van der Waals surface area contributed by atoms with Crippen molar-refractivity contribution in [1.29, 1.82) is 0 Å². The summed E-state index contributed by atoms with van der Waals surface area (Å²) in [5.41, 5.74) is 0.648.